The number of Topliss-reactive ketones (excluding diaryl/α,β-unsaturated/α-hetero) is 1. The van der Waals surface area contributed by atoms with E-state index >= 15 is 0 Å². The number of fused-ring (bicyclic) bond motifs is 1. The minimum atomic E-state index is -0.192. The highest BCUT2D eigenvalue weighted by atomic mass is 16.2. The standard InChI is InChI=1S/C22H23N3O2/c1-16(26)17-6-5-7-20(9-8-17)25-13-10-18-14-19(15-23-21(18)25)22(27)24-11-3-2-4-12-24/h5-10,13-15,17H,2-4,11-12H2,1H3/t17-/m1/s1. The van der Waals surface area contributed by atoms with Crippen LogP contribution in [0.4, 0.5) is 0 Å². The first-order chi connectivity index (χ1) is 13.1. The zero-order valence-corrected chi connectivity index (χ0v) is 15.5. The number of aromatic nitrogens is 2. The van der Waals surface area contributed by atoms with E-state index in [9.17, 15) is 9.59 Å². The minimum Gasteiger partial charge on any atom is -0.339 e. The van der Waals surface area contributed by atoms with E-state index in [1.54, 1.807) is 13.1 Å². The molecule has 1 amide bonds. The first-order valence-electron chi connectivity index (χ1n) is 9.47. The monoisotopic (exact) mass is 361 g/mol. The zero-order chi connectivity index (χ0) is 18.8. The predicted molar refractivity (Wildman–Crippen MR) is 106 cm³/mol. The molecule has 0 radical (unpaired) electrons. The van der Waals surface area contributed by atoms with Gasteiger partial charge in [0.05, 0.1) is 11.5 Å². The topological polar surface area (TPSA) is 55.2 Å². The second-order valence-electron chi connectivity index (χ2n) is 7.15. The first kappa shape index (κ1) is 17.5. The summed E-state index contributed by atoms with van der Waals surface area (Å²) in [7, 11) is 0. The lowest BCUT2D eigenvalue weighted by Crippen LogP contribution is -2.35. The van der Waals surface area contributed by atoms with E-state index in [2.05, 4.69) is 4.98 Å². The van der Waals surface area contributed by atoms with Crippen molar-refractivity contribution in [3.63, 3.8) is 0 Å². The third kappa shape index (κ3) is 3.50. The van der Waals surface area contributed by atoms with Gasteiger partial charge in [-0.15, -0.1) is 0 Å². The second kappa shape index (κ2) is 7.35. The fourth-order valence-corrected chi connectivity index (χ4v) is 3.66. The third-order valence-corrected chi connectivity index (χ3v) is 5.22. The number of piperidine rings is 1. The van der Waals surface area contributed by atoms with Crippen LogP contribution >= 0.6 is 0 Å². The molecule has 2 aromatic heterocycles. The van der Waals surface area contributed by atoms with Crippen molar-refractivity contribution in [1.29, 1.82) is 0 Å². The second-order valence-corrected chi connectivity index (χ2v) is 7.15. The number of nitrogens with zero attached hydrogens (tertiary/aromatic N) is 3. The molecular weight excluding hydrogens is 338 g/mol. The maximum absolute atomic E-state index is 12.7. The molecule has 3 heterocycles. The molecule has 138 valence electrons. The Hall–Kier alpha value is -2.95. The number of rotatable bonds is 3. The normalized spacial score (nSPS) is 19.8. The predicted octanol–water partition coefficient (Wildman–Crippen LogP) is 3.83. The van der Waals surface area contributed by atoms with E-state index in [0.717, 1.165) is 42.7 Å². The number of allylic oxidation sites excluding steroid dienone is 6. The lowest BCUT2D eigenvalue weighted by Gasteiger charge is -2.26. The van der Waals surface area contributed by atoms with E-state index in [1.807, 2.05) is 58.2 Å². The SMILES string of the molecule is CC(=O)[C@@H]1C=CC=C(n2ccc3cc(C(=O)N4CCCCC4)cnc32)C=C1. The van der Waals surface area contributed by atoms with E-state index in [-0.39, 0.29) is 17.6 Å². The summed E-state index contributed by atoms with van der Waals surface area (Å²) in [5.41, 5.74) is 2.38. The average molecular weight is 361 g/mol. The van der Waals surface area contributed by atoms with Gasteiger partial charge >= 0.3 is 0 Å². The maximum Gasteiger partial charge on any atom is 0.255 e. The van der Waals surface area contributed by atoms with Gasteiger partial charge in [0.25, 0.3) is 5.91 Å². The van der Waals surface area contributed by atoms with Crippen LogP contribution < -0.4 is 0 Å². The molecule has 2 aromatic rings. The molecule has 0 unspecified atom stereocenters. The van der Waals surface area contributed by atoms with Gasteiger partial charge in [-0.05, 0) is 50.5 Å². The summed E-state index contributed by atoms with van der Waals surface area (Å²) in [5.74, 6) is -0.00605. The van der Waals surface area contributed by atoms with E-state index in [4.69, 9.17) is 0 Å². The Balaban J connectivity index is 1.62. The van der Waals surface area contributed by atoms with Crippen LogP contribution in [-0.4, -0.2) is 39.2 Å². The van der Waals surface area contributed by atoms with E-state index in [1.165, 1.54) is 6.42 Å². The van der Waals surface area contributed by atoms with Crippen LogP contribution in [0.2, 0.25) is 0 Å². The first-order valence-corrected chi connectivity index (χ1v) is 9.47. The average Bonchev–Trinajstić information content (AvgIpc) is 2.95. The molecule has 0 aromatic carbocycles. The van der Waals surface area contributed by atoms with Crippen molar-refractivity contribution in [2.75, 3.05) is 13.1 Å². The molecule has 4 rings (SSSR count). The molecule has 0 saturated carbocycles. The molecule has 1 aliphatic heterocycles. The summed E-state index contributed by atoms with van der Waals surface area (Å²) >= 11 is 0. The number of carbonyl (C=O) groups is 2. The van der Waals surface area contributed by atoms with Gasteiger partial charge in [-0.25, -0.2) is 4.98 Å². The number of likely N-dealkylation sites (tertiary alicyclic amines) is 1. The van der Waals surface area contributed by atoms with Crippen molar-refractivity contribution in [3.05, 3.63) is 60.5 Å². The molecule has 1 fully saturated rings. The van der Waals surface area contributed by atoms with Crippen LogP contribution in [0.15, 0.2) is 54.9 Å². The summed E-state index contributed by atoms with van der Waals surface area (Å²) in [4.78, 5) is 30.8. The highest BCUT2D eigenvalue weighted by Crippen LogP contribution is 2.23. The quantitative estimate of drug-likeness (QED) is 0.835. The van der Waals surface area contributed by atoms with Crippen LogP contribution in [0.5, 0.6) is 0 Å². The Labute approximate surface area is 158 Å². The number of amides is 1. The van der Waals surface area contributed by atoms with E-state index < -0.39 is 0 Å². The Kier molecular flexibility index (Phi) is 4.75. The van der Waals surface area contributed by atoms with Crippen molar-refractivity contribution in [3.8, 4) is 0 Å². The van der Waals surface area contributed by atoms with Crippen LogP contribution in [-0.2, 0) is 4.79 Å². The molecule has 0 spiro atoms. The smallest absolute Gasteiger partial charge is 0.255 e. The van der Waals surface area contributed by atoms with Crippen LogP contribution in [0.3, 0.4) is 0 Å². The van der Waals surface area contributed by atoms with Gasteiger partial charge in [0.1, 0.15) is 11.4 Å². The minimum absolute atomic E-state index is 0.0673. The number of ketones is 1. The van der Waals surface area contributed by atoms with Gasteiger partial charge in [0.15, 0.2) is 0 Å². The van der Waals surface area contributed by atoms with Crippen LogP contribution in [0.25, 0.3) is 16.7 Å². The maximum atomic E-state index is 12.7. The Morgan fingerprint density at radius 2 is 1.96 bits per heavy atom. The number of pyridine rings is 1. The van der Waals surface area contributed by atoms with Gasteiger partial charge in [-0.2, -0.15) is 0 Å². The highest BCUT2D eigenvalue weighted by molar-refractivity contribution is 5.97. The van der Waals surface area contributed by atoms with Crippen LogP contribution in [0.1, 0.15) is 36.5 Å². The Bertz CT molecular complexity index is 975. The van der Waals surface area contributed by atoms with Crippen molar-refractivity contribution in [1.82, 2.24) is 14.5 Å². The molecule has 27 heavy (non-hydrogen) atoms. The summed E-state index contributed by atoms with van der Waals surface area (Å²) in [5, 5.41) is 0.934. The van der Waals surface area contributed by atoms with Crippen LogP contribution in [0, 0.1) is 5.92 Å². The molecule has 5 nitrogen and oxygen atoms in total. The van der Waals surface area contributed by atoms with Gasteiger partial charge in [0.2, 0.25) is 0 Å². The molecule has 2 aliphatic rings. The largest absolute Gasteiger partial charge is 0.339 e. The third-order valence-electron chi connectivity index (χ3n) is 5.22. The number of carbonyl (C=O) groups excluding carboxylic acids is 2. The highest BCUT2D eigenvalue weighted by Gasteiger charge is 2.19. The van der Waals surface area contributed by atoms with E-state index in [0.29, 0.717) is 5.56 Å². The van der Waals surface area contributed by atoms with Crippen molar-refractivity contribution >= 4 is 28.4 Å². The summed E-state index contributed by atoms with van der Waals surface area (Å²) < 4.78 is 1.98. The van der Waals surface area contributed by atoms with Crippen molar-refractivity contribution < 1.29 is 9.59 Å². The fraction of sp³-hybridized carbons (Fsp3) is 0.318. The molecule has 0 bridgehead atoms. The Morgan fingerprint density at radius 3 is 2.74 bits per heavy atom. The molecule has 1 aliphatic carbocycles. The zero-order valence-electron chi connectivity index (χ0n) is 15.5. The summed E-state index contributed by atoms with van der Waals surface area (Å²) in [6.07, 6.45) is 16.6. The van der Waals surface area contributed by atoms with Crippen molar-refractivity contribution in [2.24, 2.45) is 5.92 Å². The van der Waals surface area contributed by atoms with Crippen molar-refractivity contribution in [2.45, 2.75) is 26.2 Å². The van der Waals surface area contributed by atoms with Gasteiger partial charge in [-0.1, -0.05) is 18.2 Å². The molecular formula is C22H23N3O2. The van der Waals surface area contributed by atoms with Gasteiger partial charge in [0, 0.05) is 36.6 Å². The van der Waals surface area contributed by atoms with Gasteiger partial charge in [-0.3, -0.25) is 9.59 Å². The summed E-state index contributed by atoms with van der Waals surface area (Å²) in [6.45, 7) is 3.26. The number of hydrogen-bond acceptors (Lipinski definition) is 3. The lowest BCUT2D eigenvalue weighted by molar-refractivity contribution is -0.118. The molecule has 0 N–H and O–H groups in total. The summed E-state index contributed by atoms with van der Waals surface area (Å²) in [6, 6.07) is 3.89. The fourth-order valence-electron chi connectivity index (χ4n) is 3.66. The Morgan fingerprint density at radius 1 is 1.15 bits per heavy atom. The van der Waals surface area contributed by atoms with Gasteiger partial charge < -0.3 is 9.47 Å². The number of hydrogen-bond donors (Lipinski definition) is 0. The lowest BCUT2D eigenvalue weighted by atomic mass is 10.1. The molecule has 1 saturated heterocycles. The molecule has 5 heteroatoms. The molecule has 1 atom stereocenters.